The summed E-state index contributed by atoms with van der Waals surface area (Å²) in [6.45, 7) is 3.01. The van der Waals surface area contributed by atoms with Crippen LogP contribution in [0.4, 0.5) is 0 Å². The van der Waals surface area contributed by atoms with Gasteiger partial charge in [-0.15, -0.1) is 0 Å². The maximum atomic E-state index is 12.5. The van der Waals surface area contributed by atoms with Gasteiger partial charge in [-0.25, -0.2) is 4.79 Å². The van der Waals surface area contributed by atoms with Gasteiger partial charge in [-0.3, -0.25) is 4.79 Å². The fraction of sp³-hybridized carbons (Fsp3) is 0.524. The first-order valence-electron chi connectivity index (χ1n) is 9.71. The third-order valence-electron chi connectivity index (χ3n) is 4.98. The van der Waals surface area contributed by atoms with E-state index in [-0.39, 0.29) is 24.9 Å². The number of para-hydroxylation sites is 1. The van der Waals surface area contributed by atoms with Gasteiger partial charge in [0.2, 0.25) is 5.76 Å². The summed E-state index contributed by atoms with van der Waals surface area (Å²) in [6.07, 6.45) is 6.04. The highest BCUT2D eigenvalue weighted by atomic mass is 16.5. The molecule has 0 bridgehead atoms. The Bertz CT molecular complexity index is 776. The minimum atomic E-state index is -0.645. The Labute approximate surface area is 159 Å². The van der Waals surface area contributed by atoms with E-state index >= 15 is 0 Å². The molecule has 0 atom stereocenters. The van der Waals surface area contributed by atoms with Gasteiger partial charge in [0, 0.05) is 24.1 Å². The molecule has 0 aliphatic heterocycles. The molecule has 1 aromatic heterocycles. The number of carbonyl (C=O) groups excluding carboxylic acids is 2. The second kappa shape index (κ2) is 9.55. The predicted molar refractivity (Wildman–Crippen MR) is 101 cm³/mol. The van der Waals surface area contributed by atoms with Crippen molar-refractivity contribution >= 4 is 22.8 Å². The van der Waals surface area contributed by atoms with E-state index in [4.69, 9.17) is 13.9 Å². The molecule has 0 spiro atoms. The van der Waals surface area contributed by atoms with Gasteiger partial charge < -0.3 is 19.2 Å². The number of nitrogens with one attached hydrogen (secondary N) is 1. The average molecular weight is 373 g/mol. The highest BCUT2D eigenvalue weighted by molar-refractivity contribution is 5.96. The molecular formula is C21H27NO5. The second-order valence-electron chi connectivity index (χ2n) is 6.93. The lowest BCUT2D eigenvalue weighted by Crippen LogP contribution is -2.33. The minimum absolute atomic E-state index is 0.102. The van der Waals surface area contributed by atoms with E-state index in [1.54, 1.807) is 6.07 Å². The van der Waals surface area contributed by atoms with Crippen LogP contribution in [0.15, 0.2) is 28.7 Å². The van der Waals surface area contributed by atoms with E-state index in [2.05, 4.69) is 5.32 Å². The van der Waals surface area contributed by atoms with Crippen molar-refractivity contribution < 1.29 is 23.5 Å². The summed E-state index contributed by atoms with van der Waals surface area (Å²) in [4.78, 5) is 24.5. The third kappa shape index (κ3) is 5.10. The quantitative estimate of drug-likeness (QED) is 0.712. The highest BCUT2D eigenvalue weighted by Gasteiger charge is 2.23. The lowest BCUT2D eigenvalue weighted by molar-refractivity contribution is -0.124. The van der Waals surface area contributed by atoms with Crippen LogP contribution in [0.1, 0.15) is 55.1 Å². The van der Waals surface area contributed by atoms with Crippen molar-refractivity contribution in [2.75, 3.05) is 19.8 Å². The Balaban J connectivity index is 1.57. The highest BCUT2D eigenvalue weighted by Crippen LogP contribution is 2.27. The first-order valence-corrected chi connectivity index (χ1v) is 9.71. The van der Waals surface area contributed by atoms with Gasteiger partial charge in [0.25, 0.3) is 5.91 Å². The Morgan fingerprint density at radius 3 is 2.74 bits per heavy atom. The molecule has 0 radical (unpaired) electrons. The number of fused-ring (bicyclic) bond motifs is 1. The van der Waals surface area contributed by atoms with E-state index in [1.807, 2.05) is 25.1 Å². The number of amides is 1. The van der Waals surface area contributed by atoms with Gasteiger partial charge in [0.1, 0.15) is 5.58 Å². The van der Waals surface area contributed by atoms with Gasteiger partial charge >= 0.3 is 5.97 Å². The molecule has 1 heterocycles. The Morgan fingerprint density at radius 1 is 1.19 bits per heavy atom. The second-order valence-corrected chi connectivity index (χ2v) is 6.93. The summed E-state index contributed by atoms with van der Waals surface area (Å²) >= 11 is 0. The number of hydrogen-bond acceptors (Lipinski definition) is 5. The molecule has 2 aromatic rings. The zero-order valence-corrected chi connectivity index (χ0v) is 15.8. The smallest absolute Gasteiger partial charge is 0.375 e. The minimum Gasteiger partial charge on any atom is -0.450 e. The number of carbonyl (C=O) groups is 2. The largest absolute Gasteiger partial charge is 0.450 e. The summed E-state index contributed by atoms with van der Waals surface area (Å²) < 4.78 is 16.3. The summed E-state index contributed by atoms with van der Waals surface area (Å²) in [6, 6.07) is 7.38. The van der Waals surface area contributed by atoms with Crippen LogP contribution in [0.25, 0.3) is 11.0 Å². The number of rotatable bonds is 8. The SMILES string of the molecule is CCOCc1c(C(=O)OCC(=O)NCC2CCCCC2)oc2ccccc12. The molecule has 1 fully saturated rings. The monoisotopic (exact) mass is 373 g/mol. The topological polar surface area (TPSA) is 77.8 Å². The van der Waals surface area contributed by atoms with Crippen LogP contribution in [0.5, 0.6) is 0 Å². The van der Waals surface area contributed by atoms with Crippen LogP contribution in [0.3, 0.4) is 0 Å². The van der Waals surface area contributed by atoms with Gasteiger partial charge in [-0.2, -0.15) is 0 Å². The van der Waals surface area contributed by atoms with E-state index in [9.17, 15) is 9.59 Å². The van der Waals surface area contributed by atoms with E-state index < -0.39 is 5.97 Å². The first-order chi connectivity index (χ1) is 13.2. The van der Waals surface area contributed by atoms with Crippen molar-refractivity contribution in [2.45, 2.75) is 45.6 Å². The van der Waals surface area contributed by atoms with E-state index in [0.29, 0.717) is 30.2 Å². The van der Waals surface area contributed by atoms with Crippen molar-refractivity contribution in [1.29, 1.82) is 0 Å². The van der Waals surface area contributed by atoms with Crippen molar-refractivity contribution in [2.24, 2.45) is 5.92 Å². The lowest BCUT2D eigenvalue weighted by atomic mass is 9.89. The predicted octanol–water partition coefficient (Wildman–Crippen LogP) is 3.82. The molecule has 1 N–H and O–H groups in total. The average Bonchev–Trinajstić information content (AvgIpc) is 3.08. The summed E-state index contributed by atoms with van der Waals surface area (Å²) in [5.74, 6) is -0.290. The molecule has 6 heteroatoms. The van der Waals surface area contributed by atoms with Crippen molar-refractivity contribution in [3.63, 3.8) is 0 Å². The number of hydrogen-bond donors (Lipinski definition) is 1. The molecule has 6 nitrogen and oxygen atoms in total. The van der Waals surface area contributed by atoms with Crippen LogP contribution >= 0.6 is 0 Å². The molecule has 0 saturated heterocycles. The Kier molecular flexibility index (Phi) is 6.87. The van der Waals surface area contributed by atoms with Crippen LogP contribution in [-0.2, 0) is 20.9 Å². The molecule has 146 valence electrons. The van der Waals surface area contributed by atoms with Crippen molar-refractivity contribution in [3.05, 3.63) is 35.6 Å². The number of furan rings is 1. The number of ether oxygens (including phenoxy) is 2. The normalized spacial score (nSPS) is 15.0. The fourth-order valence-corrected chi connectivity index (χ4v) is 3.51. The Hall–Kier alpha value is -2.34. The van der Waals surface area contributed by atoms with E-state index in [0.717, 1.165) is 18.2 Å². The van der Waals surface area contributed by atoms with Crippen molar-refractivity contribution in [3.8, 4) is 0 Å². The summed E-state index contributed by atoms with van der Waals surface area (Å²) in [5, 5.41) is 3.68. The molecular weight excluding hydrogens is 346 g/mol. The molecule has 1 aromatic carbocycles. The zero-order valence-electron chi connectivity index (χ0n) is 15.8. The van der Waals surface area contributed by atoms with Crippen LogP contribution in [0, 0.1) is 5.92 Å². The molecule has 1 saturated carbocycles. The van der Waals surface area contributed by atoms with E-state index in [1.165, 1.54) is 19.3 Å². The van der Waals surface area contributed by atoms with Crippen LogP contribution in [-0.4, -0.2) is 31.6 Å². The van der Waals surface area contributed by atoms with Crippen LogP contribution in [0.2, 0.25) is 0 Å². The summed E-state index contributed by atoms with van der Waals surface area (Å²) in [7, 11) is 0. The van der Waals surface area contributed by atoms with Gasteiger partial charge in [-0.1, -0.05) is 37.5 Å². The maximum absolute atomic E-state index is 12.5. The summed E-state index contributed by atoms with van der Waals surface area (Å²) in [5.41, 5.74) is 1.25. The molecule has 0 unspecified atom stereocenters. The molecule has 1 aliphatic rings. The number of benzene rings is 1. The molecule has 1 amide bonds. The van der Waals surface area contributed by atoms with Gasteiger partial charge in [-0.05, 0) is 31.7 Å². The fourth-order valence-electron chi connectivity index (χ4n) is 3.51. The number of esters is 1. The maximum Gasteiger partial charge on any atom is 0.375 e. The first kappa shape index (κ1) is 19.4. The molecule has 1 aliphatic carbocycles. The van der Waals surface area contributed by atoms with Gasteiger partial charge in [0.15, 0.2) is 6.61 Å². The molecule has 3 rings (SSSR count). The third-order valence-corrected chi connectivity index (χ3v) is 4.98. The Morgan fingerprint density at radius 2 is 1.96 bits per heavy atom. The standard InChI is InChI=1S/C21H27NO5/c1-2-25-13-17-16-10-6-7-11-18(16)27-20(17)21(24)26-14-19(23)22-12-15-8-4-3-5-9-15/h6-7,10-11,15H,2-5,8-9,12-14H2,1H3,(H,22,23). The lowest BCUT2D eigenvalue weighted by Gasteiger charge is -2.21. The molecule has 27 heavy (non-hydrogen) atoms. The van der Waals surface area contributed by atoms with Crippen LogP contribution < -0.4 is 5.32 Å². The van der Waals surface area contributed by atoms with Gasteiger partial charge in [0.05, 0.1) is 6.61 Å². The van der Waals surface area contributed by atoms with Crippen molar-refractivity contribution in [1.82, 2.24) is 5.32 Å². The zero-order chi connectivity index (χ0) is 19.1.